The summed E-state index contributed by atoms with van der Waals surface area (Å²) in [6.45, 7) is 6.31. The first-order chi connectivity index (χ1) is 20.9. The summed E-state index contributed by atoms with van der Waals surface area (Å²) >= 11 is 0. The molecule has 0 bridgehead atoms. The van der Waals surface area contributed by atoms with Crippen LogP contribution in [-0.2, 0) is 24.4 Å². The lowest BCUT2D eigenvalue weighted by Gasteiger charge is -2.41. The van der Waals surface area contributed by atoms with Crippen LogP contribution in [0.25, 0.3) is 11.0 Å². The second-order valence-corrected chi connectivity index (χ2v) is 10.9. The molecule has 2 aromatic carbocycles. The van der Waals surface area contributed by atoms with Crippen LogP contribution in [0, 0.1) is 23.0 Å². The number of piperazine rings is 1. The Labute approximate surface area is 248 Å². The van der Waals surface area contributed by atoms with E-state index in [4.69, 9.17) is 19.7 Å². The van der Waals surface area contributed by atoms with Gasteiger partial charge in [-0.3, -0.25) is 9.69 Å². The average Bonchev–Trinajstić information content (AvgIpc) is 3.33. The number of nitrogens with zero attached hydrogens (tertiary/aromatic N) is 6. The van der Waals surface area contributed by atoms with Crippen molar-refractivity contribution in [1.29, 1.82) is 5.26 Å². The van der Waals surface area contributed by atoms with Crippen LogP contribution in [0.15, 0.2) is 48.5 Å². The molecule has 0 aliphatic carbocycles. The number of hydrogen-bond donors (Lipinski definition) is 0. The zero-order valence-electron chi connectivity index (χ0n) is 23.9. The predicted molar refractivity (Wildman–Crippen MR) is 156 cm³/mol. The van der Waals surface area contributed by atoms with Crippen LogP contribution in [-0.4, -0.2) is 64.1 Å². The minimum absolute atomic E-state index is 0.00446. The molecular formula is C32H32F2N6O3. The summed E-state index contributed by atoms with van der Waals surface area (Å²) in [7, 11) is 0. The Hall–Kier alpha value is -4.40. The highest BCUT2D eigenvalue weighted by Gasteiger charge is 2.29. The number of nitriles is 1. The van der Waals surface area contributed by atoms with Crippen LogP contribution in [0.3, 0.4) is 0 Å². The van der Waals surface area contributed by atoms with Gasteiger partial charge in [-0.1, -0.05) is 19.1 Å². The third kappa shape index (κ3) is 6.07. The summed E-state index contributed by atoms with van der Waals surface area (Å²) in [4.78, 5) is 25.5. The van der Waals surface area contributed by atoms with E-state index >= 15 is 0 Å². The second kappa shape index (κ2) is 12.5. The van der Waals surface area contributed by atoms with Crippen molar-refractivity contribution in [2.75, 3.05) is 31.1 Å². The average molecular weight is 587 g/mol. The van der Waals surface area contributed by atoms with E-state index in [0.717, 1.165) is 56.2 Å². The molecule has 2 aromatic heterocycles. The van der Waals surface area contributed by atoms with Gasteiger partial charge in [0, 0.05) is 50.0 Å². The van der Waals surface area contributed by atoms with Crippen molar-refractivity contribution < 1.29 is 23.0 Å². The SMILES string of the molecule is CCC1CN(c2cccc(OCc3ccc(C#N)cc3F)n2)CCN1Cc1nc2cc(F)c(C=O)cc2n1CC1CCO1. The first kappa shape index (κ1) is 28.7. The Morgan fingerprint density at radius 3 is 2.72 bits per heavy atom. The van der Waals surface area contributed by atoms with Crippen molar-refractivity contribution in [2.24, 2.45) is 0 Å². The van der Waals surface area contributed by atoms with Gasteiger partial charge in [0.1, 0.15) is 29.9 Å². The molecule has 6 rings (SSSR count). The molecule has 11 heteroatoms. The highest BCUT2D eigenvalue weighted by Crippen LogP contribution is 2.27. The lowest BCUT2D eigenvalue weighted by atomic mass is 10.1. The summed E-state index contributed by atoms with van der Waals surface area (Å²) in [6.07, 6.45) is 2.47. The lowest BCUT2D eigenvalue weighted by molar-refractivity contribution is -0.0592. The molecule has 4 aromatic rings. The number of carbonyl (C=O) groups excluding carboxylic acids is 1. The first-order valence-electron chi connectivity index (χ1n) is 14.5. The molecule has 0 N–H and O–H groups in total. The number of fused-ring (bicyclic) bond motifs is 1. The number of pyridine rings is 1. The molecule has 2 fully saturated rings. The quantitative estimate of drug-likeness (QED) is 0.243. The van der Waals surface area contributed by atoms with Crippen LogP contribution < -0.4 is 9.64 Å². The smallest absolute Gasteiger partial charge is 0.215 e. The third-order valence-corrected chi connectivity index (χ3v) is 8.26. The molecule has 0 amide bonds. The number of carbonyl (C=O) groups is 1. The van der Waals surface area contributed by atoms with E-state index < -0.39 is 11.6 Å². The van der Waals surface area contributed by atoms with Gasteiger partial charge in [0.15, 0.2) is 6.29 Å². The maximum Gasteiger partial charge on any atom is 0.215 e. The number of ether oxygens (including phenoxy) is 2. The van der Waals surface area contributed by atoms with Gasteiger partial charge < -0.3 is 18.9 Å². The van der Waals surface area contributed by atoms with E-state index in [1.165, 1.54) is 12.1 Å². The Morgan fingerprint density at radius 2 is 2.00 bits per heavy atom. The van der Waals surface area contributed by atoms with Crippen molar-refractivity contribution in [3.63, 3.8) is 0 Å². The number of halogens is 2. The number of hydrogen-bond acceptors (Lipinski definition) is 8. The summed E-state index contributed by atoms with van der Waals surface area (Å²) < 4.78 is 42.3. The second-order valence-electron chi connectivity index (χ2n) is 10.9. The highest BCUT2D eigenvalue weighted by atomic mass is 19.1. The topological polar surface area (TPSA) is 96.5 Å². The Kier molecular flexibility index (Phi) is 8.31. The molecule has 2 aliphatic heterocycles. The largest absolute Gasteiger partial charge is 0.473 e. The molecule has 222 valence electrons. The Balaban J connectivity index is 1.16. The fourth-order valence-corrected chi connectivity index (χ4v) is 5.68. The van der Waals surface area contributed by atoms with E-state index in [-0.39, 0.29) is 29.9 Å². The predicted octanol–water partition coefficient (Wildman–Crippen LogP) is 4.86. The van der Waals surface area contributed by atoms with E-state index in [9.17, 15) is 13.6 Å². The first-order valence-corrected chi connectivity index (χ1v) is 14.5. The highest BCUT2D eigenvalue weighted by molar-refractivity contribution is 5.85. The zero-order valence-corrected chi connectivity index (χ0v) is 23.9. The van der Waals surface area contributed by atoms with E-state index in [2.05, 4.69) is 26.3 Å². The van der Waals surface area contributed by atoms with Crippen molar-refractivity contribution in [3.05, 3.63) is 82.7 Å². The summed E-state index contributed by atoms with van der Waals surface area (Å²) in [5, 5.41) is 8.96. The molecule has 2 saturated heterocycles. The van der Waals surface area contributed by atoms with Gasteiger partial charge in [-0.2, -0.15) is 10.2 Å². The Morgan fingerprint density at radius 1 is 1.14 bits per heavy atom. The monoisotopic (exact) mass is 586 g/mol. The third-order valence-electron chi connectivity index (χ3n) is 8.26. The minimum atomic E-state index is -0.570. The minimum Gasteiger partial charge on any atom is -0.473 e. The lowest BCUT2D eigenvalue weighted by Crippen LogP contribution is -2.53. The number of anilines is 1. The number of aromatic nitrogens is 3. The summed E-state index contributed by atoms with van der Waals surface area (Å²) in [6, 6.07) is 14.9. The maximum absolute atomic E-state index is 14.4. The van der Waals surface area contributed by atoms with Gasteiger partial charge >= 0.3 is 0 Å². The van der Waals surface area contributed by atoms with Crippen LogP contribution in [0.2, 0.25) is 0 Å². The van der Waals surface area contributed by atoms with Crippen LogP contribution >= 0.6 is 0 Å². The molecule has 43 heavy (non-hydrogen) atoms. The Bertz CT molecular complexity index is 1680. The van der Waals surface area contributed by atoms with E-state index in [1.807, 2.05) is 18.2 Å². The number of aldehydes is 1. The fourth-order valence-electron chi connectivity index (χ4n) is 5.68. The van der Waals surface area contributed by atoms with Gasteiger partial charge in [-0.15, -0.1) is 0 Å². The molecular weight excluding hydrogens is 554 g/mol. The molecule has 4 heterocycles. The van der Waals surface area contributed by atoms with Crippen molar-refractivity contribution in [2.45, 2.75) is 51.6 Å². The molecule has 0 radical (unpaired) electrons. The molecule has 2 atom stereocenters. The maximum atomic E-state index is 14.4. The zero-order chi connectivity index (χ0) is 29.9. The van der Waals surface area contributed by atoms with Crippen molar-refractivity contribution >= 4 is 23.1 Å². The van der Waals surface area contributed by atoms with Gasteiger partial charge in [0.25, 0.3) is 0 Å². The van der Waals surface area contributed by atoms with Gasteiger partial charge in [0.2, 0.25) is 5.88 Å². The normalized spacial score (nSPS) is 18.8. The number of imidazole rings is 1. The molecule has 2 unspecified atom stereocenters. The molecule has 0 saturated carbocycles. The van der Waals surface area contributed by atoms with Crippen LogP contribution in [0.5, 0.6) is 5.88 Å². The van der Waals surface area contributed by atoms with Crippen LogP contribution in [0.4, 0.5) is 14.6 Å². The fraction of sp³-hybridized carbons (Fsp3) is 0.375. The standard InChI is InChI=1S/C32H32F2N6O3/c1-2-24-16-39(30-4-3-5-32(37-30)43-20-22-7-6-21(15-35)12-26(22)33)10-9-38(24)18-31-36-28-14-27(34)23(19-41)13-29(28)40(31)17-25-8-11-42-25/h3-7,12-14,19,24-25H,2,8-11,16-18,20H2,1H3. The number of rotatable bonds is 10. The van der Waals surface area contributed by atoms with Gasteiger partial charge in [-0.25, -0.2) is 13.8 Å². The summed E-state index contributed by atoms with van der Waals surface area (Å²) in [5.74, 6) is 0.940. The molecule has 2 aliphatic rings. The van der Waals surface area contributed by atoms with Gasteiger partial charge in [-0.05, 0) is 37.1 Å². The van der Waals surface area contributed by atoms with E-state index in [0.29, 0.717) is 36.3 Å². The van der Waals surface area contributed by atoms with Crippen molar-refractivity contribution in [1.82, 2.24) is 19.4 Å². The number of benzene rings is 2. The van der Waals surface area contributed by atoms with E-state index in [1.54, 1.807) is 24.3 Å². The van der Waals surface area contributed by atoms with Crippen LogP contribution in [0.1, 0.15) is 47.1 Å². The molecule has 9 nitrogen and oxygen atoms in total. The molecule has 0 spiro atoms. The van der Waals surface area contributed by atoms with Crippen molar-refractivity contribution in [3.8, 4) is 11.9 Å². The van der Waals surface area contributed by atoms with Gasteiger partial charge in [0.05, 0.1) is 47.4 Å². The summed E-state index contributed by atoms with van der Waals surface area (Å²) in [5.41, 5.74) is 1.91.